The zero-order valence-electron chi connectivity index (χ0n) is 69.5. The Balaban J connectivity index is 0.000000642. The number of pyridine rings is 3. The van der Waals surface area contributed by atoms with Gasteiger partial charge in [0.2, 0.25) is 5.88 Å². The number of hydrogen-bond donors (Lipinski definition) is 7. The summed E-state index contributed by atoms with van der Waals surface area (Å²) in [5.41, 5.74) is 7.26. The molecule has 3 aromatic heterocycles. The lowest BCUT2D eigenvalue weighted by molar-refractivity contribution is 0.0697. The molecule has 19 heteroatoms. The molecule has 618 valence electrons. The van der Waals surface area contributed by atoms with E-state index in [1.54, 1.807) is 77.6 Å². The first kappa shape index (κ1) is 101. The van der Waals surface area contributed by atoms with Crippen molar-refractivity contribution in [2.75, 3.05) is 46.2 Å². The average Bonchev–Trinajstić information content (AvgIpc) is 0.868. The second-order valence-electron chi connectivity index (χ2n) is 28.1. The number of halogens is 2. The molecule has 0 fully saturated rings. The molecule has 0 bridgehead atoms. The molecule has 7 aromatic rings. The number of hydrogen-bond acceptors (Lipinski definition) is 17. The molecule has 7 atom stereocenters. The lowest BCUT2D eigenvalue weighted by Crippen LogP contribution is -2.23. The van der Waals surface area contributed by atoms with Crippen molar-refractivity contribution in [3.63, 3.8) is 0 Å². The first-order valence-electron chi connectivity index (χ1n) is 40.6. The summed E-state index contributed by atoms with van der Waals surface area (Å²) in [6, 6.07) is 35.6. The van der Waals surface area contributed by atoms with E-state index in [1.807, 2.05) is 93.6 Å². The maximum atomic E-state index is 13.6. The molecule has 7 unspecified atom stereocenters. The van der Waals surface area contributed by atoms with Crippen LogP contribution < -0.4 is 33.2 Å². The Labute approximate surface area is 660 Å². The van der Waals surface area contributed by atoms with Crippen LogP contribution in [0.3, 0.4) is 0 Å². The Morgan fingerprint density at radius 2 is 0.709 bits per heavy atom. The van der Waals surface area contributed by atoms with Gasteiger partial charge in [-0.3, -0.25) is 9.97 Å². The molecule has 0 aliphatic heterocycles. The highest BCUT2D eigenvalue weighted by molar-refractivity contribution is 5.37. The Hall–Kier alpha value is -7.49. The molecule has 0 aliphatic carbocycles. The predicted octanol–water partition coefficient (Wildman–Crippen LogP) is 19.0. The van der Waals surface area contributed by atoms with E-state index in [9.17, 15) is 19.0 Å². The van der Waals surface area contributed by atoms with Gasteiger partial charge in [-0.25, -0.2) is 13.8 Å². The van der Waals surface area contributed by atoms with E-state index in [4.69, 9.17) is 58.7 Å². The number of rotatable bonds is 44. The standard InChI is InChI=1S/C15H24O2.C14H22O2.2C13H19FO2.3C12H19NO2/c1-4-5-8-13-9-6-7-10-15(13)17-11-14(16)12(2)3;1-3-5-8-12-9-6-7-10-14(12)16-11-13(15)4-2;1-3-4-6-11-12(14)7-5-8-13(11)16-9-10(2)15;1-3-4-6-11-7-5-8-12(14)13(11)16-9-10(2)15;1-3-4-6-11-12(7-5-8-13-11)15-9-10(2)14;1-3-4-6-11-7-5-8-13-12(11)15-9-10(2)14;1-3-4-5-11-6-7-13-8-12(11)15-9-10(2)14/h6-7,9-10,12,14,16H,4-5,8,11H2,1-3H3;6-7,9-10,13,15H,3-5,8,11H2,1-2H3;2*5,7-8,10,15H,3-4,6,9H2,1-2H3;2*5,7-8,10,14H,3-4,6,9H2,1-2H3;6-8,10,14H,3-5,9H2,1-2H3. The number of aliphatic hydroxyl groups excluding tert-OH is 7. The fraction of sp³-hybridized carbons (Fsp3) is 0.571. The molecule has 0 aliphatic rings. The third kappa shape index (κ3) is 47.7. The van der Waals surface area contributed by atoms with Crippen LogP contribution in [0.25, 0.3) is 0 Å². The number of aryl methyl sites for hydroxylation is 6. The van der Waals surface area contributed by atoms with Gasteiger partial charge in [-0.1, -0.05) is 175 Å². The Morgan fingerprint density at radius 3 is 1.24 bits per heavy atom. The van der Waals surface area contributed by atoms with Gasteiger partial charge in [0.15, 0.2) is 11.6 Å². The Kier molecular flexibility index (Phi) is 58.6. The van der Waals surface area contributed by atoms with Crippen molar-refractivity contribution in [3.8, 4) is 40.4 Å². The molecule has 0 saturated carbocycles. The van der Waals surface area contributed by atoms with Gasteiger partial charge in [-0.15, -0.1) is 0 Å². The van der Waals surface area contributed by atoms with Crippen LogP contribution in [-0.2, 0) is 44.9 Å². The first-order chi connectivity index (χ1) is 52.9. The Morgan fingerprint density at radius 1 is 0.327 bits per heavy atom. The smallest absolute Gasteiger partial charge is 0.216 e. The van der Waals surface area contributed by atoms with Crippen molar-refractivity contribution in [3.05, 3.63) is 191 Å². The maximum absolute atomic E-state index is 13.6. The van der Waals surface area contributed by atoms with Crippen LogP contribution in [0.2, 0.25) is 0 Å². The van der Waals surface area contributed by atoms with Gasteiger partial charge >= 0.3 is 0 Å². The second kappa shape index (κ2) is 64.1. The highest BCUT2D eigenvalue weighted by Gasteiger charge is 2.15. The average molecular weight is 1540 g/mol. The first-order valence-corrected chi connectivity index (χ1v) is 40.6. The number of unbranched alkanes of at least 4 members (excludes halogenated alkanes) is 7. The molecule has 7 N–H and O–H groups in total. The fourth-order valence-electron chi connectivity index (χ4n) is 10.0. The summed E-state index contributed by atoms with van der Waals surface area (Å²) in [5.74, 6) is 4.59. The van der Waals surface area contributed by atoms with Crippen molar-refractivity contribution < 1.29 is 77.7 Å². The third-order valence-corrected chi connectivity index (χ3v) is 16.6. The number of ether oxygens (including phenoxy) is 7. The molecule has 0 saturated heterocycles. The normalized spacial score (nSPS) is 12.5. The van der Waals surface area contributed by atoms with Crippen molar-refractivity contribution in [2.45, 2.75) is 288 Å². The summed E-state index contributed by atoms with van der Waals surface area (Å²) >= 11 is 0. The number of nitrogens with zero attached hydrogens (tertiary/aromatic N) is 3. The molecular formula is C91H141F2N3O14. The van der Waals surface area contributed by atoms with Crippen LogP contribution in [0, 0.1) is 17.6 Å². The maximum Gasteiger partial charge on any atom is 0.216 e. The molecule has 0 spiro atoms. The monoisotopic (exact) mass is 1540 g/mol. The zero-order valence-corrected chi connectivity index (χ0v) is 69.5. The summed E-state index contributed by atoms with van der Waals surface area (Å²) in [5, 5.41) is 64.8. The van der Waals surface area contributed by atoms with Gasteiger partial charge in [0.25, 0.3) is 0 Å². The fourth-order valence-corrected chi connectivity index (χ4v) is 10.0. The van der Waals surface area contributed by atoms with E-state index >= 15 is 0 Å². The molecule has 0 radical (unpaired) electrons. The zero-order chi connectivity index (χ0) is 81.7. The molecule has 7 rings (SSSR count). The second-order valence-corrected chi connectivity index (χ2v) is 28.1. The third-order valence-electron chi connectivity index (χ3n) is 16.6. The summed E-state index contributed by atoms with van der Waals surface area (Å²) in [6.45, 7) is 31.4. The van der Waals surface area contributed by atoms with Crippen LogP contribution in [0.15, 0.2) is 140 Å². The summed E-state index contributed by atoms with van der Waals surface area (Å²) in [4.78, 5) is 12.5. The molecular weight excluding hydrogens is 1400 g/mol. The molecule has 0 amide bonds. The minimum atomic E-state index is -0.585. The number of aromatic nitrogens is 3. The van der Waals surface area contributed by atoms with Crippen molar-refractivity contribution >= 4 is 0 Å². The molecule has 110 heavy (non-hydrogen) atoms. The largest absolute Gasteiger partial charge is 0.491 e. The van der Waals surface area contributed by atoms with Crippen molar-refractivity contribution in [1.82, 2.24) is 15.0 Å². The lowest BCUT2D eigenvalue weighted by Gasteiger charge is -2.17. The summed E-state index contributed by atoms with van der Waals surface area (Å²) in [6.07, 6.45) is 26.6. The van der Waals surface area contributed by atoms with E-state index < -0.39 is 36.6 Å². The number of aliphatic hydroxyl groups is 7. The van der Waals surface area contributed by atoms with E-state index in [1.165, 1.54) is 54.5 Å². The van der Waals surface area contributed by atoms with Crippen LogP contribution in [0.1, 0.15) is 239 Å². The lowest BCUT2D eigenvalue weighted by atomic mass is 10.1. The van der Waals surface area contributed by atoms with Crippen LogP contribution in [-0.4, -0.2) is 140 Å². The minimum absolute atomic E-state index is 0.125. The van der Waals surface area contributed by atoms with E-state index in [0.717, 1.165) is 149 Å². The quantitative estimate of drug-likeness (QED) is 0.0188. The van der Waals surface area contributed by atoms with E-state index in [2.05, 4.69) is 75.6 Å². The Bertz CT molecular complexity index is 3220. The summed E-state index contributed by atoms with van der Waals surface area (Å²) in [7, 11) is 0. The van der Waals surface area contributed by atoms with Crippen molar-refractivity contribution in [1.29, 1.82) is 0 Å². The van der Waals surface area contributed by atoms with Gasteiger partial charge in [-0.2, -0.15) is 0 Å². The van der Waals surface area contributed by atoms with Gasteiger partial charge in [-0.05, 0) is 214 Å². The number of para-hydroxylation sites is 3. The topological polar surface area (TPSA) is 245 Å². The van der Waals surface area contributed by atoms with Gasteiger partial charge in [0.05, 0.1) is 54.6 Å². The van der Waals surface area contributed by atoms with Crippen LogP contribution >= 0.6 is 0 Å². The highest BCUT2D eigenvalue weighted by atomic mass is 19.1. The molecule has 17 nitrogen and oxygen atoms in total. The van der Waals surface area contributed by atoms with Gasteiger partial charge in [0.1, 0.15) is 80.8 Å². The van der Waals surface area contributed by atoms with Crippen LogP contribution in [0.4, 0.5) is 8.78 Å². The van der Waals surface area contributed by atoms with Crippen LogP contribution in [0.5, 0.6) is 40.4 Å². The van der Waals surface area contributed by atoms with Gasteiger partial charge < -0.3 is 68.9 Å². The molecule has 4 aromatic carbocycles. The van der Waals surface area contributed by atoms with E-state index in [0.29, 0.717) is 56.6 Å². The summed E-state index contributed by atoms with van der Waals surface area (Å²) < 4.78 is 65.5. The van der Waals surface area contributed by atoms with E-state index in [-0.39, 0.29) is 42.6 Å². The highest BCUT2D eigenvalue weighted by Crippen LogP contribution is 2.28. The minimum Gasteiger partial charge on any atom is -0.491 e. The SMILES string of the molecule is CCCCc1c(F)cccc1OCC(C)O.CCCCc1cccc(F)c1OCC(C)O.CCCCc1ccccc1OCC(O)C(C)C.CCCCc1ccccc1OCC(O)CC.CCCCc1cccnc1OCC(C)O.CCCCc1ccncc1OCC(C)O.CCCCc1ncccc1OCC(C)O. The predicted molar refractivity (Wildman–Crippen MR) is 443 cm³/mol. The number of benzene rings is 4. The van der Waals surface area contributed by atoms with Gasteiger partial charge in [0, 0.05) is 29.7 Å². The van der Waals surface area contributed by atoms with Crippen molar-refractivity contribution in [2.24, 2.45) is 5.92 Å². The molecule has 3 heterocycles.